The first-order chi connectivity index (χ1) is 14.2. The number of benzene rings is 2. The van der Waals surface area contributed by atoms with Crippen LogP contribution in [0.3, 0.4) is 0 Å². The molecule has 0 fully saturated rings. The predicted molar refractivity (Wildman–Crippen MR) is 113 cm³/mol. The van der Waals surface area contributed by atoms with Crippen LogP contribution in [0.15, 0.2) is 76.5 Å². The second kappa shape index (κ2) is 8.74. The molecule has 0 atom stereocenters. The number of guanidine groups is 1. The molecular formula is C21H17BrN4O3. The summed E-state index contributed by atoms with van der Waals surface area (Å²) in [6.45, 7) is 0.549. The Labute approximate surface area is 175 Å². The summed E-state index contributed by atoms with van der Waals surface area (Å²) in [7, 11) is 0. The van der Waals surface area contributed by atoms with Crippen LogP contribution in [0.1, 0.15) is 15.9 Å². The summed E-state index contributed by atoms with van der Waals surface area (Å²) in [6.07, 6.45) is 3.41. The van der Waals surface area contributed by atoms with Gasteiger partial charge in [-0.1, -0.05) is 15.9 Å². The first-order valence-corrected chi connectivity index (χ1v) is 9.63. The maximum atomic E-state index is 12.8. The number of halogens is 1. The smallest absolute Gasteiger partial charge is 0.258 e. The molecule has 2 N–H and O–H groups in total. The third kappa shape index (κ3) is 4.91. The van der Waals surface area contributed by atoms with Crippen LogP contribution in [-0.2, 0) is 6.54 Å². The molecule has 2 heterocycles. The van der Waals surface area contributed by atoms with Crippen molar-refractivity contribution in [2.75, 3.05) is 12.1 Å². The number of fused-ring (bicyclic) bond motifs is 1. The number of hydrogen-bond donors (Lipinski definition) is 2. The van der Waals surface area contributed by atoms with Gasteiger partial charge in [0.25, 0.3) is 5.91 Å². The molecule has 29 heavy (non-hydrogen) atoms. The molecule has 3 aromatic rings. The number of aliphatic imine (C=N–C) groups is 1. The third-order valence-corrected chi connectivity index (χ3v) is 4.67. The first kappa shape index (κ1) is 18.9. The molecule has 1 aliphatic heterocycles. The van der Waals surface area contributed by atoms with Gasteiger partial charge in [-0.05, 0) is 60.2 Å². The van der Waals surface area contributed by atoms with Gasteiger partial charge in [0.2, 0.25) is 12.8 Å². The summed E-state index contributed by atoms with van der Waals surface area (Å²) in [4.78, 5) is 21.3. The Morgan fingerprint density at radius 1 is 1.03 bits per heavy atom. The maximum Gasteiger partial charge on any atom is 0.258 e. The molecule has 1 amide bonds. The molecule has 0 aliphatic carbocycles. The minimum atomic E-state index is -0.304. The number of amides is 1. The molecule has 4 rings (SSSR count). The summed E-state index contributed by atoms with van der Waals surface area (Å²) in [5, 5.41) is 5.99. The second-order valence-electron chi connectivity index (χ2n) is 6.17. The number of carbonyl (C=O) groups is 1. The van der Waals surface area contributed by atoms with Gasteiger partial charge in [0.15, 0.2) is 11.5 Å². The fourth-order valence-electron chi connectivity index (χ4n) is 2.66. The summed E-state index contributed by atoms with van der Waals surface area (Å²) in [5.74, 6) is 1.21. The highest BCUT2D eigenvalue weighted by atomic mass is 79.9. The number of carbonyl (C=O) groups excluding carboxylic acids is 1. The van der Waals surface area contributed by atoms with E-state index >= 15 is 0 Å². The maximum absolute atomic E-state index is 12.8. The average molecular weight is 453 g/mol. The topological polar surface area (TPSA) is 84.8 Å². The Morgan fingerprint density at radius 2 is 1.79 bits per heavy atom. The standard InChI is InChI=1S/C21H17BrN4O3/c22-16-2-4-17(5-3-16)25-21(24-12-14-7-9-23-10-8-14)26-20(27)15-1-6-18-19(11-15)29-13-28-18/h1-11H,12-13H2,(H2,24,25,26,27). The number of aromatic nitrogens is 1. The zero-order chi connectivity index (χ0) is 20.1. The van der Waals surface area contributed by atoms with Gasteiger partial charge in [0.05, 0.1) is 6.54 Å². The van der Waals surface area contributed by atoms with Crippen molar-refractivity contribution in [1.82, 2.24) is 10.3 Å². The van der Waals surface area contributed by atoms with E-state index in [1.807, 2.05) is 36.4 Å². The fourth-order valence-corrected chi connectivity index (χ4v) is 2.92. The van der Waals surface area contributed by atoms with Crippen LogP contribution in [0.2, 0.25) is 0 Å². The quantitative estimate of drug-likeness (QED) is 0.462. The zero-order valence-electron chi connectivity index (χ0n) is 15.3. The van der Waals surface area contributed by atoms with Crippen molar-refractivity contribution < 1.29 is 14.3 Å². The van der Waals surface area contributed by atoms with Crippen molar-refractivity contribution in [3.8, 4) is 11.5 Å². The molecule has 0 bridgehead atoms. The van der Waals surface area contributed by atoms with Crippen molar-refractivity contribution in [1.29, 1.82) is 0 Å². The third-order valence-electron chi connectivity index (χ3n) is 4.14. The van der Waals surface area contributed by atoms with Crippen molar-refractivity contribution in [2.45, 2.75) is 6.54 Å². The summed E-state index contributed by atoms with van der Waals surface area (Å²) in [5.41, 5.74) is 2.23. The van der Waals surface area contributed by atoms with Gasteiger partial charge in [-0.3, -0.25) is 15.1 Å². The van der Waals surface area contributed by atoms with E-state index in [1.165, 1.54) is 0 Å². The van der Waals surface area contributed by atoms with Gasteiger partial charge >= 0.3 is 0 Å². The monoisotopic (exact) mass is 452 g/mol. The molecule has 146 valence electrons. The zero-order valence-corrected chi connectivity index (χ0v) is 16.8. The van der Waals surface area contributed by atoms with Crippen molar-refractivity contribution >= 4 is 33.5 Å². The lowest BCUT2D eigenvalue weighted by Crippen LogP contribution is -2.36. The number of anilines is 1. The molecule has 0 unspecified atom stereocenters. The van der Waals surface area contributed by atoms with Gasteiger partial charge in [-0.15, -0.1) is 0 Å². The van der Waals surface area contributed by atoms with Gasteiger partial charge in [-0.25, -0.2) is 4.99 Å². The van der Waals surface area contributed by atoms with E-state index in [-0.39, 0.29) is 12.7 Å². The SMILES string of the molecule is O=C(NC(=NCc1ccncc1)Nc1ccc(Br)cc1)c1ccc2c(c1)OCO2. The molecule has 7 nitrogen and oxygen atoms in total. The van der Waals surface area contributed by atoms with Crippen LogP contribution in [0.4, 0.5) is 5.69 Å². The van der Waals surface area contributed by atoms with Gasteiger partial charge in [0.1, 0.15) is 0 Å². The Bertz CT molecular complexity index is 1040. The molecule has 0 spiro atoms. The predicted octanol–water partition coefficient (Wildman–Crippen LogP) is 3.97. The number of nitrogens with zero attached hydrogens (tertiary/aromatic N) is 2. The minimum Gasteiger partial charge on any atom is -0.454 e. The van der Waals surface area contributed by atoms with Crippen LogP contribution >= 0.6 is 15.9 Å². The molecule has 0 radical (unpaired) electrons. The van der Waals surface area contributed by atoms with Crippen molar-refractivity contribution in [3.05, 3.63) is 82.6 Å². The van der Waals surface area contributed by atoms with E-state index < -0.39 is 0 Å². The fraction of sp³-hybridized carbons (Fsp3) is 0.0952. The average Bonchev–Trinajstić information content (AvgIpc) is 3.22. The van der Waals surface area contributed by atoms with Crippen molar-refractivity contribution in [2.24, 2.45) is 4.99 Å². The number of rotatable bonds is 4. The van der Waals surface area contributed by atoms with E-state index in [4.69, 9.17) is 9.47 Å². The molecular weight excluding hydrogens is 436 g/mol. The Morgan fingerprint density at radius 3 is 2.59 bits per heavy atom. The van der Waals surface area contributed by atoms with Crippen LogP contribution in [-0.4, -0.2) is 23.6 Å². The van der Waals surface area contributed by atoms with Gasteiger partial charge in [-0.2, -0.15) is 0 Å². The van der Waals surface area contributed by atoms with Crippen LogP contribution < -0.4 is 20.1 Å². The summed E-state index contributed by atoms with van der Waals surface area (Å²) >= 11 is 3.41. The van der Waals surface area contributed by atoms with Crippen LogP contribution in [0.25, 0.3) is 0 Å². The number of hydrogen-bond acceptors (Lipinski definition) is 5. The lowest BCUT2D eigenvalue weighted by molar-refractivity contribution is 0.0976. The minimum absolute atomic E-state index is 0.157. The normalized spacial score (nSPS) is 12.5. The van der Waals surface area contributed by atoms with E-state index in [9.17, 15) is 4.79 Å². The summed E-state index contributed by atoms with van der Waals surface area (Å²) in [6, 6.07) is 16.4. The van der Waals surface area contributed by atoms with Gasteiger partial charge < -0.3 is 14.8 Å². The molecule has 0 saturated heterocycles. The number of nitrogens with one attached hydrogen (secondary N) is 2. The molecule has 1 aromatic heterocycles. The second-order valence-corrected chi connectivity index (χ2v) is 7.09. The highest BCUT2D eigenvalue weighted by Gasteiger charge is 2.17. The molecule has 0 saturated carbocycles. The molecule has 2 aromatic carbocycles. The van der Waals surface area contributed by atoms with Gasteiger partial charge in [0, 0.05) is 28.1 Å². The van der Waals surface area contributed by atoms with Crippen molar-refractivity contribution in [3.63, 3.8) is 0 Å². The lowest BCUT2D eigenvalue weighted by Gasteiger charge is -2.12. The Balaban J connectivity index is 1.53. The molecule has 1 aliphatic rings. The van der Waals surface area contributed by atoms with E-state index in [0.717, 1.165) is 15.7 Å². The van der Waals surface area contributed by atoms with E-state index in [2.05, 4.69) is 36.5 Å². The largest absolute Gasteiger partial charge is 0.454 e. The Kier molecular flexibility index (Phi) is 5.71. The van der Waals surface area contributed by atoms with Crippen LogP contribution in [0, 0.1) is 0 Å². The highest BCUT2D eigenvalue weighted by Crippen LogP contribution is 2.32. The highest BCUT2D eigenvalue weighted by molar-refractivity contribution is 9.10. The van der Waals surface area contributed by atoms with E-state index in [0.29, 0.717) is 29.6 Å². The number of pyridine rings is 1. The first-order valence-electron chi connectivity index (χ1n) is 8.84. The lowest BCUT2D eigenvalue weighted by atomic mass is 10.2. The van der Waals surface area contributed by atoms with Crippen LogP contribution in [0.5, 0.6) is 11.5 Å². The summed E-state index contributed by atoms with van der Waals surface area (Å²) < 4.78 is 11.6. The van der Waals surface area contributed by atoms with E-state index in [1.54, 1.807) is 30.6 Å². The number of ether oxygens (including phenoxy) is 2. The Hall–Kier alpha value is -3.39. The molecule has 8 heteroatoms.